The first kappa shape index (κ1) is 16.7. The Balaban J connectivity index is 2.20. The van der Waals surface area contributed by atoms with Crippen molar-refractivity contribution in [2.45, 2.75) is 12.5 Å². The van der Waals surface area contributed by atoms with E-state index in [0.29, 0.717) is 0 Å². The highest BCUT2D eigenvalue weighted by Gasteiger charge is 2.38. The first-order chi connectivity index (χ1) is 11.9. The fourth-order valence-electron chi connectivity index (χ4n) is 3.63. The van der Waals surface area contributed by atoms with E-state index >= 15 is 0 Å². The summed E-state index contributed by atoms with van der Waals surface area (Å²) in [6.45, 7) is 1.06. The van der Waals surface area contributed by atoms with Crippen molar-refractivity contribution < 1.29 is 0 Å². The largest absolute Gasteiger partial charge is 0.320 e. The highest BCUT2D eigenvalue weighted by Crippen LogP contribution is 2.14. The van der Waals surface area contributed by atoms with E-state index in [-0.39, 0.29) is 0 Å². The summed E-state index contributed by atoms with van der Waals surface area (Å²) >= 11 is 0. The highest BCUT2D eigenvalue weighted by molar-refractivity contribution is 7.11. The number of rotatable bonds is 7. The standard InChI is InChI=1S/C22H25NSi/c1-23-18-11-19-24(20-12-5-2-6-13-20,21-14-7-3-8-15-21)22-16-9-4-10-17-22/h2-10,12-17,23H,11,18-19H2,1H3. The Kier molecular flexibility index (Phi) is 5.62. The van der Waals surface area contributed by atoms with Gasteiger partial charge in [-0.3, -0.25) is 0 Å². The molecule has 0 saturated heterocycles. The van der Waals surface area contributed by atoms with Crippen LogP contribution in [0.15, 0.2) is 91.0 Å². The Hall–Kier alpha value is -2.16. The van der Waals surface area contributed by atoms with E-state index in [4.69, 9.17) is 0 Å². The van der Waals surface area contributed by atoms with E-state index < -0.39 is 8.07 Å². The molecule has 3 aromatic rings. The third-order valence-electron chi connectivity index (χ3n) is 4.78. The second-order valence-corrected chi connectivity index (χ2v) is 10.3. The van der Waals surface area contributed by atoms with E-state index in [9.17, 15) is 0 Å². The van der Waals surface area contributed by atoms with Crippen LogP contribution in [0.3, 0.4) is 0 Å². The Morgan fingerprint density at radius 1 is 0.625 bits per heavy atom. The second-order valence-electron chi connectivity index (χ2n) is 6.21. The van der Waals surface area contributed by atoms with Crippen LogP contribution in [0.25, 0.3) is 0 Å². The lowest BCUT2D eigenvalue weighted by atomic mass is 10.3. The molecule has 0 fully saturated rings. The molecular formula is C22H25NSi. The summed E-state index contributed by atoms with van der Waals surface area (Å²) < 4.78 is 0. The van der Waals surface area contributed by atoms with Crippen molar-refractivity contribution in [1.29, 1.82) is 0 Å². The van der Waals surface area contributed by atoms with Gasteiger partial charge in [0.1, 0.15) is 8.07 Å². The number of hydrogen-bond donors (Lipinski definition) is 1. The van der Waals surface area contributed by atoms with E-state index in [1.54, 1.807) is 0 Å². The molecule has 122 valence electrons. The molecule has 0 spiro atoms. The third-order valence-corrected chi connectivity index (χ3v) is 9.84. The molecule has 0 radical (unpaired) electrons. The van der Waals surface area contributed by atoms with Gasteiger partial charge < -0.3 is 5.32 Å². The van der Waals surface area contributed by atoms with Crippen molar-refractivity contribution in [3.8, 4) is 0 Å². The minimum absolute atomic E-state index is 1.06. The second kappa shape index (κ2) is 8.09. The van der Waals surface area contributed by atoms with E-state index in [2.05, 4.69) is 96.3 Å². The SMILES string of the molecule is CNCCC[Si](c1ccccc1)(c1ccccc1)c1ccccc1. The van der Waals surface area contributed by atoms with Crippen LogP contribution >= 0.6 is 0 Å². The lowest BCUT2D eigenvalue weighted by Crippen LogP contribution is -2.67. The van der Waals surface area contributed by atoms with Crippen LogP contribution < -0.4 is 20.9 Å². The van der Waals surface area contributed by atoms with Gasteiger partial charge >= 0.3 is 0 Å². The maximum atomic E-state index is 3.32. The smallest absolute Gasteiger partial charge is 0.148 e. The molecule has 0 aliphatic carbocycles. The summed E-state index contributed by atoms with van der Waals surface area (Å²) in [5, 5.41) is 7.81. The van der Waals surface area contributed by atoms with Gasteiger partial charge in [-0.25, -0.2) is 0 Å². The topological polar surface area (TPSA) is 12.0 Å². The monoisotopic (exact) mass is 331 g/mol. The van der Waals surface area contributed by atoms with Gasteiger partial charge in [0, 0.05) is 0 Å². The van der Waals surface area contributed by atoms with E-state index in [1.165, 1.54) is 28.0 Å². The molecular weight excluding hydrogens is 306 g/mol. The molecule has 0 heterocycles. The van der Waals surface area contributed by atoms with Gasteiger partial charge in [-0.05, 0) is 41.6 Å². The first-order valence-corrected chi connectivity index (χ1v) is 10.9. The molecule has 0 aliphatic heterocycles. The zero-order chi connectivity index (χ0) is 16.7. The Morgan fingerprint density at radius 2 is 1.00 bits per heavy atom. The van der Waals surface area contributed by atoms with Gasteiger partial charge in [0.25, 0.3) is 0 Å². The Labute approximate surface area is 146 Å². The molecule has 0 aromatic heterocycles. The number of hydrogen-bond acceptors (Lipinski definition) is 1. The van der Waals surface area contributed by atoms with Gasteiger partial charge in [-0.2, -0.15) is 0 Å². The molecule has 0 bridgehead atoms. The molecule has 0 aliphatic rings. The summed E-state index contributed by atoms with van der Waals surface area (Å²) in [5.41, 5.74) is 0. The van der Waals surface area contributed by atoms with Crippen LogP contribution in [0.5, 0.6) is 0 Å². The summed E-state index contributed by atoms with van der Waals surface area (Å²) in [4.78, 5) is 0. The van der Waals surface area contributed by atoms with Crippen molar-refractivity contribution in [3.05, 3.63) is 91.0 Å². The zero-order valence-corrected chi connectivity index (χ0v) is 15.3. The van der Waals surface area contributed by atoms with Gasteiger partial charge in [0.05, 0.1) is 0 Å². The van der Waals surface area contributed by atoms with Crippen LogP contribution in [0.2, 0.25) is 6.04 Å². The van der Waals surface area contributed by atoms with Crippen molar-refractivity contribution >= 4 is 23.6 Å². The number of benzene rings is 3. The molecule has 2 heteroatoms. The summed E-state index contributed by atoms with van der Waals surface area (Å²) in [6, 6.07) is 34.6. The highest BCUT2D eigenvalue weighted by atomic mass is 28.3. The predicted octanol–water partition coefficient (Wildman–Crippen LogP) is 2.77. The van der Waals surface area contributed by atoms with E-state index in [1.807, 2.05) is 7.05 Å². The average molecular weight is 332 g/mol. The molecule has 0 saturated carbocycles. The molecule has 3 rings (SSSR count). The molecule has 24 heavy (non-hydrogen) atoms. The maximum absolute atomic E-state index is 3.32. The summed E-state index contributed by atoms with van der Waals surface area (Å²) in [5.74, 6) is 0. The van der Waals surface area contributed by atoms with Gasteiger partial charge in [0.2, 0.25) is 0 Å². The lowest BCUT2D eigenvalue weighted by molar-refractivity contribution is 0.767. The van der Waals surface area contributed by atoms with Crippen LogP contribution in [0.4, 0.5) is 0 Å². The number of nitrogens with one attached hydrogen (secondary N) is 1. The normalized spacial score (nSPS) is 11.4. The minimum Gasteiger partial charge on any atom is -0.320 e. The van der Waals surface area contributed by atoms with Crippen LogP contribution in [-0.4, -0.2) is 21.7 Å². The summed E-state index contributed by atoms with van der Waals surface area (Å²) in [6.07, 6.45) is 1.18. The Bertz CT molecular complexity index is 629. The van der Waals surface area contributed by atoms with Crippen molar-refractivity contribution in [2.24, 2.45) is 0 Å². The van der Waals surface area contributed by atoms with Crippen LogP contribution in [0.1, 0.15) is 6.42 Å². The van der Waals surface area contributed by atoms with Gasteiger partial charge in [-0.1, -0.05) is 91.0 Å². The third kappa shape index (κ3) is 3.35. The van der Waals surface area contributed by atoms with Crippen molar-refractivity contribution in [1.82, 2.24) is 5.32 Å². The molecule has 0 unspecified atom stereocenters. The minimum atomic E-state index is -2.00. The van der Waals surface area contributed by atoms with Crippen molar-refractivity contribution in [2.75, 3.05) is 13.6 Å². The van der Waals surface area contributed by atoms with E-state index in [0.717, 1.165) is 6.54 Å². The Morgan fingerprint density at radius 3 is 1.33 bits per heavy atom. The molecule has 0 amide bonds. The van der Waals surface area contributed by atoms with Crippen LogP contribution in [-0.2, 0) is 0 Å². The molecule has 1 nitrogen and oxygen atoms in total. The lowest BCUT2D eigenvalue weighted by Gasteiger charge is -2.34. The molecule has 0 atom stereocenters. The fourth-order valence-corrected chi connectivity index (χ4v) is 8.49. The van der Waals surface area contributed by atoms with Gasteiger partial charge in [-0.15, -0.1) is 0 Å². The maximum Gasteiger partial charge on any atom is 0.148 e. The molecule has 1 N–H and O–H groups in total. The quantitative estimate of drug-likeness (QED) is 0.399. The average Bonchev–Trinajstić information content (AvgIpc) is 2.68. The fraction of sp³-hybridized carbons (Fsp3) is 0.182. The van der Waals surface area contributed by atoms with Crippen LogP contribution in [0, 0.1) is 0 Å². The molecule has 3 aromatic carbocycles. The van der Waals surface area contributed by atoms with Crippen molar-refractivity contribution in [3.63, 3.8) is 0 Å². The zero-order valence-electron chi connectivity index (χ0n) is 14.3. The first-order valence-electron chi connectivity index (χ1n) is 8.69. The van der Waals surface area contributed by atoms with Gasteiger partial charge in [0.15, 0.2) is 0 Å². The summed E-state index contributed by atoms with van der Waals surface area (Å²) in [7, 11) is 0.0374. The predicted molar refractivity (Wildman–Crippen MR) is 107 cm³/mol.